The highest BCUT2D eigenvalue weighted by molar-refractivity contribution is 7.92. The molecular formula is C21H19N3O2S. The summed E-state index contributed by atoms with van der Waals surface area (Å²) >= 11 is 0. The summed E-state index contributed by atoms with van der Waals surface area (Å²) in [6.45, 7) is 3.86. The minimum atomic E-state index is -3.69. The van der Waals surface area contributed by atoms with Crippen molar-refractivity contribution in [2.24, 2.45) is 0 Å². The molecular weight excluding hydrogens is 358 g/mol. The Morgan fingerprint density at radius 2 is 1.70 bits per heavy atom. The molecule has 27 heavy (non-hydrogen) atoms. The second kappa shape index (κ2) is 6.55. The van der Waals surface area contributed by atoms with E-state index in [1.807, 2.05) is 56.3 Å². The van der Waals surface area contributed by atoms with Crippen LogP contribution in [0.25, 0.3) is 22.4 Å². The molecule has 0 amide bonds. The lowest BCUT2D eigenvalue weighted by atomic mass is 10.1. The summed E-state index contributed by atoms with van der Waals surface area (Å²) in [5.74, 6) is 0.711. The van der Waals surface area contributed by atoms with E-state index in [9.17, 15) is 8.42 Å². The van der Waals surface area contributed by atoms with Crippen molar-refractivity contribution >= 4 is 26.7 Å². The smallest absolute Gasteiger partial charge is 0.261 e. The van der Waals surface area contributed by atoms with E-state index in [1.165, 1.54) is 0 Å². The lowest BCUT2D eigenvalue weighted by Crippen LogP contribution is -2.13. The second-order valence-electron chi connectivity index (χ2n) is 6.55. The van der Waals surface area contributed by atoms with Gasteiger partial charge < -0.3 is 4.98 Å². The van der Waals surface area contributed by atoms with Crippen LogP contribution in [-0.4, -0.2) is 18.4 Å². The number of anilines is 1. The fraction of sp³-hybridized carbons (Fsp3) is 0.0952. The summed E-state index contributed by atoms with van der Waals surface area (Å²) in [5.41, 5.74) is 4.90. The largest absolute Gasteiger partial charge is 0.338 e. The van der Waals surface area contributed by atoms with Crippen molar-refractivity contribution in [1.82, 2.24) is 9.97 Å². The molecule has 6 heteroatoms. The zero-order chi connectivity index (χ0) is 19.0. The normalized spacial score (nSPS) is 11.6. The third-order valence-corrected chi connectivity index (χ3v) is 5.80. The van der Waals surface area contributed by atoms with Gasteiger partial charge in [-0.05, 0) is 43.7 Å². The fourth-order valence-electron chi connectivity index (χ4n) is 3.02. The number of benzene rings is 3. The monoisotopic (exact) mass is 377 g/mol. The number of aryl methyl sites for hydroxylation is 2. The number of nitrogens with one attached hydrogen (secondary N) is 2. The number of nitrogens with zero attached hydrogens (tertiary/aromatic N) is 1. The van der Waals surface area contributed by atoms with Crippen LogP contribution in [-0.2, 0) is 10.0 Å². The molecule has 0 spiro atoms. The van der Waals surface area contributed by atoms with E-state index in [0.717, 1.165) is 22.2 Å². The van der Waals surface area contributed by atoms with Crippen LogP contribution in [0, 0.1) is 13.8 Å². The van der Waals surface area contributed by atoms with Crippen molar-refractivity contribution in [3.8, 4) is 11.4 Å². The average molecular weight is 377 g/mol. The Bertz CT molecular complexity index is 1230. The summed E-state index contributed by atoms with van der Waals surface area (Å²) in [6.07, 6.45) is 0. The highest BCUT2D eigenvalue weighted by Crippen LogP contribution is 2.25. The summed E-state index contributed by atoms with van der Waals surface area (Å²) in [7, 11) is -3.69. The first-order chi connectivity index (χ1) is 12.9. The van der Waals surface area contributed by atoms with Crippen molar-refractivity contribution in [3.63, 3.8) is 0 Å². The molecule has 0 unspecified atom stereocenters. The van der Waals surface area contributed by atoms with Crippen LogP contribution >= 0.6 is 0 Å². The maximum absolute atomic E-state index is 12.8. The Morgan fingerprint density at radius 1 is 0.926 bits per heavy atom. The van der Waals surface area contributed by atoms with Crippen LogP contribution in [0.1, 0.15) is 11.1 Å². The van der Waals surface area contributed by atoms with Crippen molar-refractivity contribution in [2.45, 2.75) is 18.7 Å². The zero-order valence-electron chi connectivity index (χ0n) is 15.0. The minimum absolute atomic E-state index is 0.193. The number of fused-ring (bicyclic) bond motifs is 1. The molecule has 2 N–H and O–H groups in total. The van der Waals surface area contributed by atoms with Gasteiger partial charge in [0.25, 0.3) is 10.0 Å². The van der Waals surface area contributed by atoms with Crippen molar-refractivity contribution < 1.29 is 8.42 Å². The van der Waals surface area contributed by atoms with Gasteiger partial charge >= 0.3 is 0 Å². The highest BCUT2D eigenvalue weighted by atomic mass is 32.2. The standard InChI is InChI=1S/C21H19N3O2S/c1-14-8-10-18(15(2)12-14)24-27(25,26)17-9-11-19-20(13-17)23-21(22-19)16-6-4-3-5-7-16/h3-13,24H,1-2H3,(H,22,23). The van der Waals surface area contributed by atoms with E-state index < -0.39 is 10.0 Å². The second-order valence-corrected chi connectivity index (χ2v) is 8.24. The Hall–Kier alpha value is -3.12. The molecule has 0 aliphatic heterocycles. The van der Waals surface area contributed by atoms with E-state index >= 15 is 0 Å². The molecule has 3 aromatic carbocycles. The predicted octanol–water partition coefficient (Wildman–Crippen LogP) is 4.65. The molecule has 5 nitrogen and oxygen atoms in total. The van der Waals surface area contributed by atoms with Crippen LogP contribution in [0.5, 0.6) is 0 Å². The Labute approximate surface area is 158 Å². The van der Waals surface area contributed by atoms with Gasteiger partial charge in [0.2, 0.25) is 0 Å². The Kier molecular flexibility index (Phi) is 4.20. The lowest BCUT2D eigenvalue weighted by molar-refractivity contribution is 0.601. The number of H-pyrrole nitrogens is 1. The minimum Gasteiger partial charge on any atom is -0.338 e. The van der Waals surface area contributed by atoms with Crippen LogP contribution in [0.2, 0.25) is 0 Å². The molecule has 0 atom stereocenters. The van der Waals surface area contributed by atoms with Crippen molar-refractivity contribution in [1.29, 1.82) is 0 Å². The van der Waals surface area contributed by atoms with Gasteiger partial charge in [-0.15, -0.1) is 0 Å². The molecule has 136 valence electrons. The summed E-state index contributed by atoms with van der Waals surface area (Å²) < 4.78 is 28.3. The fourth-order valence-corrected chi connectivity index (χ4v) is 4.18. The molecule has 0 fully saturated rings. The molecule has 0 aliphatic carbocycles. The van der Waals surface area contributed by atoms with Crippen molar-refractivity contribution in [2.75, 3.05) is 4.72 Å². The Balaban J connectivity index is 1.70. The number of aromatic nitrogens is 2. The molecule has 0 aliphatic rings. The Morgan fingerprint density at radius 3 is 2.44 bits per heavy atom. The molecule has 0 saturated heterocycles. The summed E-state index contributed by atoms with van der Waals surface area (Å²) in [5, 5.41) is 0. The molecule has 1 aromatic heterocycles. The predicted molar refractivity (Wildman–Crippen MR) is 108 cm³/mol. The molecule has 0 radical (unpaired) electrons. The molecule has 0 saturated carbocycles. The molecule has 0 bridgehead atoms. The number of sulfonamides is 1. The number of imidazole rings is 1. The average Bonchev–Trinajstić information content (AvgIpc) is 3.08. The number of aromatic amines is 1. The van der Waals surface area contributed by atoms with Crippen molar-refractivity contribution in [3.05, 3.63) is 77.9 Å². The van der Waals surface area contributed by atoms with Gasteiger partial charge in [0.05, 0.1) is 21.6 Å². The maximum atomic E-state index is 12.8. The number of rotatable bonds is 4. The van der Waals surface area contributed by atoms with E-state index in [0.29, 0.717) is 17.0 Å². The molecule has 4 rings (SSSR count). The van der Waals surface area contributed by atoms with Crippen LogP contribution in [0.15, 0.2) is 71.6 Å². The van der Waals surface area contributed by atoms with Crippen LogP contribution in [0.3, 0.4) is 0 Å². The third-order valence-electron chi connectivity index (χ3n) is 4.44. The van der Waals surface area contributed by atoms with Gasteiger partial charge in [0, 0.05) is 5.56 Å². The topological polar surface area (TPSA) is 74.8 Å². The van der Waals surface area contributed by atoms with E-state index in [4.69, 9.17) is 0 Å². The first-order valence-corrected chi connectivity index (χ1v) is 10.1. The number of hydrogen-bond donors (Lipinski definition) is 2. The quantitative estimate of drug-likeness (QED) is 0.544. The van der Waals surface area contributed by atoms with Gasteiger partial charge in [-0.25, -0.2) is 13.4 Å². The lowest BCUT2D eigenvalue weighted by Gasteiger charge is -2.11. The van der Waals surface area contributed by atoms with Gasteiger partial charge in [0.15, 0.2) is 0 Å². The first kappa shape index (κ1) is 17.3. The summed E-state index contributed by atoms with van der Waals surface area (Å²) in [4.78, 5) is 7.94. The van der Waals surface area contributed by atoms with Crippen LogP contribution in [0.4, 0.5) is 5.69 Å². The van der Waals surface area contributed by atoms with E-state index in [-0.39, 0.29) is 4.90 Å². The van der Waals surface area contributed by atoms with E-state index in [1.54, 1.807) is 24.3 Å². The van der Waals surface area contributed by atoms with Crippen LogP contribution < -0.4 is 4.72 Å². The SMILES string of the molecule is Cc1ccc(NS(=O)(=O)c2ccc3nc(-c4ccccc4)[nH]c3c2)c(C)c1. The molecule has 1 heterocycles. The van der Waals surface area contributed by atoms with Gasteiger partial charge in [0.1, 0.15) is 5.82 Å². The highest BCUT2D eigenvalue weighted by Gasteiger charge is 2.17. The molecule has 4 aromatic rings. The van der Waals surface area contributed by atoms with Gasteiger partial charge in [-0.3, -0.25) is 4.72 Å². The number of hydrogen-bond acceptors (Lipinski definition) is 3. The zero-order valence-corrected chi connectivity index (χ0v) is 15.8. The summed E-state index contributed by atoms with van der Waals surface area (Å²) in [6, 6.07) is 20.2. The van der Waals surface area contributed by atoms with Gasteiger partial charge in [-0.1, -0.05) is 48.0 Å². The van der Waals surface area contributed by atoms with E-state index in [2.05, 4.69) is 14.7 Å². The maximum Gasteiger partial charge on any atom is 0.261 e. The first-order valence-electron chi connectivity index (χ1n) is 8.58. The third kappa shape index (κ3) is 3.44. The van der Waals surface area contributed by atoms with Gasteiger partial charge in [-0.2, -0.15) is 0 Å².